The van der Waals surface area contributed by atoms with E-state index in [-0.39, 0.29) is 5.92 Å². The molecule has 25 heavy (non-hydrogen) atoms. The summed E-state index contributed by atoms with van der Waals surface area (Å²) in [5.74, 6) is 1.72. The Bertz CT molecular complexity index is 642. The highest BCUT2D eigenvalue weighted by atomic mass is 32.2. The molecule has 1 atom stereocenters. The summed E-state index contributed by atoms with van der Waals surface area (Å²) in [6.45, 7) is 3.95. The van der Waals surface area contributed by atoms with Crippen molar-refractivity contribution in [1.29, 1.82) is 0 Å². The minimum Gasteiger partial charge on any atom is -0.381 e. The number of hydrogen-bond donors (Lipinski definition) is 0. The molecule has 1 unspecified atom stereocenters. The smallest absolute Gasteiger partial charge is 0.231 e. The molecule has 3 rings (SSSR count). The zero-order valence-corrected chi connectivity index (χ0v) is 15.5. The number of ether oxygens (including phenoxy) is 2. The van der Waals surface area contributed by atoms with Crippen LogP contribution in [0.1, 0.15) is 43.3 Å². The Morgan fingerprint density at radius 3 is 2.84 bits per heavy atom. The van der Waals surface area contributed by atoms with Gasteiger partial charge in [0.1, 0.15) is 0 Å². The monoisotopic (exact) mass is 373 g/mol. The van der Waals surface area contributed by atoms with E-state index in [9.17, 15) is 8.42 Å². The summed E-state index contributed by atoms with van der Waals surface area (Å²) in [6, 6.07) is 0. The lowest BCUT2D eigenvalue weighted by molar-refractivity contribution is 0.0211. The lowest BCUT2D eigenvalue weighted by Crippen LogP contribution is -2.38. The van der Waals surface area contributed by atoms with Crippen molar-refractivity contribution in [2.45, 2.75) is 38.0 Å². The number of piperidine rings is 1. The largest absolute Gasteiger partial charge is 0.381 e. The third-order valence-corrected chi connectivity index (χ3v) is 6.12. The van der Waals surface area contributed by atoms with Gasteiger partial charge in [0.05, 0.1) is 18.8 Å². The van der Waals surface area contributed by atoms with Crippen LogP contribution < -0.4 is 0 Å². The number of aromatic nitrogens is 2. The Balaban J connectivity index is 1.44. The molecule has 8 nitrogen and oxygen atoms in total. The van der Waals surface area contributed by atoms with Gasteiger partial charge in [0, 0.05) is 39.3 Å². The van der Waals surface area contributed by atoms with Gasteiger partial charge in [-0.15, -0.1) is 0 Å². The van der Waals surface area contributed by atoms with Crippen molar-refractivity contribution < 1.29 is 22.4 Å². The van der Waals surface area contributed by atoms with Gasteiger partial charge >= 0.3 is 0 Å². The van der Waals surface area contributed by atoms with Crippen LogP contribution in [0.5, 0.6) is 0 Å². The molecule has 0 amide bonds. The van der Waals surface area contributed by atoms with E-state index < -0.39 is 10.0 Å². The van der Waals surface area contributed by atoms with Gasteiger partial charge in [-0.25, -0.2) is 12.7 Å². The quantitative estimate of drug-likeness (QED) is 0.663. The van der Waals surface area contributed by atoms with Gasteiger partial charge < -0.3 is 14.0 Å². The van der Waals surface area contributed by atoms with Crippen LogP contribution in [0.3, 0.4) is 0 Å². The molecule has 3 heterocycles. The summed E-state index contributed by atoms with van der Waals surface area (Å²) in [7, 11) is -3.17. The molecule has 0 bridgehead atoms. The predicted molar refractivity (Wildman–Crippen MR) is 90.8 cm³/mol. The van der Waals surface area contributed by atoms with Gasteiger partial charge in [-0.1, -0.05) is 5.16 Å². The molecule has 9 heteroatoms. The fraction of sp³-hybridized carbons (Fsp3) is 0.875. The van der Waals surface area contributed by atoms with Gasteiger partial charge in [0.25, 0.3) is 0 Å². The van der Waals surface area contributed by atoms with E-state index in [2.05, 4.69) is 10.1 Å². The first-order chi connectivity index (χ1) is 12.0. The normalized spacial score (nSPS) is 23.8. The summed E-state index contributed by atoms with van der Waals surface area (Å²) in [6.07, 6.45) is 5.65. The van der Waals surface area contributed by atoms with Crippen LogP contribution in [0.4, 0.5) is 0 Å². The Hall–Kier alpha value is -1.03. The minimum atomic E-state index is -3.17. The maximum Gasteiger partial charge on any atom is 0.231 e. The molecule has 2 aliphatic heterocycles. The first kappa shape index (κ1) is 18.8. The Morgan fingerprint density at radius 1 is 1.28 bits per heavy atom. The second-order valence-electron chi connectivity index (χ2n) is 6.89. The van der Waals surface area contributed by atoms with Crippen molar-refractivity contribution in [3.63, 3.8) is 0 Å². The van der Waals surface area contributed by atoms with Crippen molar-refractivity contribution in [3.05, 3.63) is 11.7 Å². The highest BCUT2D eigenvalue weighted by Gasteiger charge is 2.30. The molecule has 1 aromatic heterocycles. The van der Waals surface area contributed by atoms with Gasteiger partial charge in [-0.2, -0.15) is 4.98 Å². The van der Waals surface area contributed by atoms with Gasteiger partial charge in [0.2, 0.25) is 15.9 Å². The molecular formula is C16H27N3O5S. The number of nitrogens with zero attached hydrogens (tertiary/aromatic N) is 3. The molecule has 2 aliphatic rings. The molecular weight excluding hydrogens is 346 g/mol. The van der Waals surface area contributed by atoms with Gasteiger partial charge in [0.15, 0.2) is 5.82 Å². The van der Waals surface area contributed by atoms with Gasteiger partial charge in [-0.05, 0) is 31.6 Å². The summed E-state index contributed by atoms with van der Waals surface area (Å²) in [4.78, 5) is 4.44. The van der Waals surface area contributed by atoms with E-state index in [1.165, 1.54) is 10.6 Å². The Labute approximate surface area is 148 Å². The van der Waals surface area contributed by atoms with Crippen molar-refractivity contribution in [1.82, 2.24) is 14.4 Å². The zero-order chi connectivity index (χ0) is 17.7. The standard InChI is InChI=1S/C16H27N3O5S/c1-25(20,21)19-7-2-3-14(11-19)16-17-15(18-24-16)6-10-23-12-13-4-8-22-9-5-13/h13-14H,2-12H2,1H3. The average molecular weight is 373 g/mol. The van der Waals surface area contributed by atoms with E-state index in [4.69, 9.17) is 14.0 Å². The lowest BCUT2D eigenvalue weighted by atomic mass is 10.00. The summed E-state index contributed by atoms with van der Waals surface area (Å²) >= 11 is 0. The highest BCUT2D eigenvalue weighted by Crippen LogP contribution is 2.27. The molecule has 2 saturated heterocycles. The fourth-order valence-corrected chi connectivity index (χ4v) is 4.22. The van der Waals surface area contributed by atoms with E-state index in [1.54, 1.807) is 0 Å². The van der Waals surface area contributed by atoms with Crippen LogP contribution >= 0.6 is 0 Å². The molecule has 0 aromatic carbocycles. The van der Waals surface area contributed by atoms with Crippen molar-refractivity contribution in [2.24, 2.45) is 5.92 Å². The van der Waals surface area contributed by atoms with Crippen LogP contribution in [-0.2, 0) is 25.9 Å². The minimum absolute atomic E-state index is 0.0205. The summed E-state index contributed by atoms with van der Waals surface area (Å²) in [5.41, 5.74) is 0. The van der Waals surface area contributed by atoms with Gasteiger partial charge in [-0.3, -0.25) is 0 Å². The van der Waals surface area contributed by atoms with E-state index in [1.807, 2.05) is 0 Å². The van der Waals surface area contributed by atoms with E-state index in [0.29, 0.717) is 43.8 Å². The number of sulfonamides is 1. The van der Waals surface area contributed by atoms with Crippen LogP contribution in [0.2, 0.25) is 0 Å². The van der Waals surface area contributed by atoms with Crippen molar-refractivity contribution in [2.75, 3.05) is 45.8 Å². The van der Waals surface area contributed by atoms with E-state index in [0.717, 1.165) is 45.5 Å². The third-order valence-electron chi connectivity index (χ3n) is 4.85. The molecule has 0 aliphatic carbocycles. The first-order valence-corrected chi connectivity index (χ1v) is 10.8. The molecule has 0 spiro atoms. The third kappa shape index (κ3) is 5.47. The number of hydrogen-bond acceptors (Lipinski definition) is 7. The molecule has 0 saturated carbocycles. The number of rotatable bonds is 7. The average Bonchev–Trinajstić information content (AvgIpc) is 3.08. The second-order valence-corrected chi connectivity index (χ2v) is 8.87. The first-order valence-electron chi connectivity index (χ1n) is 8.95. The Kier molecular flexibility index (Phi) is 6.43. The molecule has 142 valence electrons. The molecule has 1 aromatic rings. The SMILES string of the molecule is CS(=O)(=O)N1CCCC(c2nc(CCOCC3CCOCC3)no2)C1. The maximum absolute atomic E-state index is 11.7. The van der Waals surface area contributed by atoms with E-state index >= 15 is 0 Å². The highest BCUT2D eigenvalue weighted by molar-refractivity contribution is 7.88. The topological polar surface area (TPSA) is 94.8 Å². The Morgan fingerprint density at radius 2 is 2.08 bits per heavy atom. The van der Waals surface area contributed by atoms with Crippen LogP contribution in [0, 0.1) is 5.92 Å². The maximum atomic E-state index is 11.7. The van der Waals surface area contributed by atoms with Crippen LogP contribution in [-0.4, -0.2) is 68.6 Å². The van der Waals surface area contributed by atoms with Crippen LogP contribution in [0.15, 0.2) is 4.52 Å². The lowest BCUT2D eigenvalue weighted by Gasteiger charge is -2.28. The van der Waals surface area contributed by atoms with Crippen LogP contribution in [0.25, 0.3) is 0 Å². The molecule has 0 radical (unpaired) electrons. The predicted octanol–water partition coefficient (Wildman–Crippen LogP) is 1.19. The molecule has 2 fully saturated rings. The summed E-state index contributed by atoms with van der Waals surface area (Å²) in [5, 5.41) is 4.01. The van der Waals surface area contributed by atoms with Crippen molar-refractivity contribution >= 4 is 10.0 Å². The van der Waals surface area contributed by atoms with Crippen molar-refractivity contribution in [3.8, 4) is 0 Å². The molecule has 0 N–H and O–H groups in total. The second kappa shape index (κ2) is 8.57. The fourth-order valence-electron chi connectivity index (χ4n) is 3.31. The zero-order valence-electron chi connectivity index (χ0n) is 14.7. The summed E-state index contributed by atoms with van der Waals surface area (Å²) < 4.78 is 41.3.